The van der Waals surface area contributed by atoms with Crippen LogP contribution in [0, 0.1) is 0 Å². The van der Waals surface area contributed by atoms with Gasteiger partial charge in [0.1, 0.15) is 16.9 Å². The fourth-order valence-corrected chi connectivity index (χ4v) is 1.22. The summed E-state index contributed by atoms with van der Waals surface area (Å²) >= 11 is 0. The maximum Gasteiger partial charge on any atom is 0.342 e. The molecule has 0 spiro atoms. The number of rotatable bonds is 2. The van der Waals surface area contributed by atoms with Crippen molar-refractivity contribution < 1.29 is 14.3 Å². The number of esters is 1. The fourth-order valence-electron chi connectivity index (χ4n) is 1.22. The summed E-state index contributed by atoms with van der Waals surface area (Å²) in [5, 5.41) is 0. The molecule has 2 N–H and O–H groups in total. The second-order valence-corrected chi connectivity index (χ2v) is 4.46. The zero-order valence-electron chi connectivity index (χ0n) is 10.0. The molecule has 0 heterocycles. The van der Waals surface area contributed by atoms with E-state index in [-0.39, 0.29) is 0 Å². The lowest BCUT2D eigenvalue weighted by Gasteiger charge is -2.20. The predicted octanol–water partition coefficient (Wildman–Crippen LogP) is 2.23. The van der Waals surface area contributed by atoms with Gasteiger partial charge in [-0.25, -0.2) is 4.79 Å². The number of methoxy groups -OCH3 is 1. The SMILES string of the molecule is COc1ccc(N)cc1C(=O)OC(C)(C)C. The minimum atomic E-state index is -0.535. The second kappa shape index (κ2) is 4.43. The van der Waals surface area contributed by atoms with E-state index in [9.17, 15) is 4.79 Å². The highest BCUT2D eigenvalue weighted by molar-refractivity contribution is 5.93. The van der Waals surface area contributed by atoms with Crippen molar-refractivity contribution in [3.63, 3.8) is 0 Å². The summed E-state index contributed by atoms with van der Waals surface area (Å²) in [5.74, 6) is 0.0279. The summed E-state index contributed by atoms with van der Waals surface area (Å²) in [6, 6.07) is 4.87. The summed E-state index contributed by atoms with van der Waals surface area (Å²) in [7, 11) is 1.50. The molecular formula is C12H17NO3. The maximum atomic E-state index is 11.8. The maximum absolute atomic E-state index is 11.8. The van der Waals surface area contributed by atoms with Crippen LogP contribution in [-0.4, -0.2) is 18.7 Å². The third-order valence-corrected chi connectivity index (χ3v) is 1.84. The van der Waals surface area contributed by atoms with E-state index in [0.29, 0.717) is 17.0 Å². The van der Waals surface area contributed by atoms with Gasteiger partial charge >= 0.3 is 5.97 Å². The Morgan fingerprint density at radius 2 is 1.94 bits per heavy atom. The Bertz CT molecular complexity index is 394. The lowest BCUT2D eigenvalue weighted by molar-refractivity contribution is 0.00666. The third kappa shape index (κ3) is 3.15. The van der Waals surface area contributed by atoms with Crippen molar-refractivity contribution in [2.75, 3.05) is 12.8 Å². The highest BCUT2D eigenvalue weighted by Gasteiger charge is 2.20. The molecule has 0 amide bonds. The Morgan fingerprint density at radius 1 is 1.31 bits per heavy atom. The van der Waals surface area contributed by atoms with Gasteiger partial charge in [-0.3, -0.25) is 0 Å². The molecule has 0 bridgehead atoms. The standard InChI is InChI=1S/C12H17NO3/c1-12(2,3)16-11(14)9-7-8(13)5-6-10(9)15-4/h5-7H,13H2,1-4H3. The molecule has 88 valence electrons. The normalized spacial score (nSPS) is 11.0. The monoisotopic (exact) mass is 223 g/mol. The van der Waals surface area contributed by atoms with Crippen LogP contribution in [0.2, 0.25) is 0 Å². The van der Waals surface area contributed by atoms with E-state index in [1.807, 2.05) is 20.8 Å². The fraction of sp³-hybridized carbons (Fsp3) is 0.417. The van der Waals surface area contributed by atoms with Crippen LogP contribution in [0.1, 0.15) is 31.1 Å². The van der Waals surface area contributed by atoms with Gasteiger partial charge in [0.25, 0.3) is 0 Å². The highest BCUT2D eigenvalue weighted by Crippen LogP contribution is 2.23. The van der Waals surface area contributed by atoms with Gasteiger partial charge < -0.3 is 15.2 Å². The minimum absolute atomic E-state index is 0.345. The molecule has 16 heavy (non-hydrogen) atoms. The Labute approximate surface area is 95.3 Å². The van der Waals surface area contributed by atoms with Crippen molar-refractivity contribution in [3.8, 4) is 5.75 Å². The van der Waals surface area contributed by atoms with E-state index in [2.05, 4.69) is 0 Å². The molecule has 0 aromatic heterocycles. The van der Waals surface area contributed by atoms with Gasteiger partial charge in [-0.05, 0) is 39.0 Å². The molecule has 0 saturated heterocycles. The lowest BCUT2D eigenvalue weighted by Crippen LogP contribution is -2.24. The zero-order chi connectivity index (χ0) is 12.3. The van der Waals surface area contributed by atoms with E-state index >= 15 is 0 Å². The van der Waals surface area contributed by atoms with Gasteiger partial charge in [-0.2, -0.15) is 0 Å². The van der Waals surface area contributed by atoms with Crippen molar-refractivity contribution >= 4 is 11.7 Å². The average molecular weight is 223 g/mol. The van der Waals surface area contributed by atoms with Crippen LogP contribution in [-0.2, 0) is 4.74 Å². The third-order valence-electron chi connectivity index (χ3n) is 1.84. The van der Waals surface area contributed by atoms with Gasteiger partial charge in [0.2, 0.25) is 0 Å². The Morgan fingerprint density at radius 3 is 2.44 bits per heavy atom. The van der Waals surface area contributed by atoms with Crippen molar-refractivity contribution in [2.24, 2.45) is 0 Å². The number of carbonyl (C=O) groups excluding carboxylic acids is 1. The molecule has 4 nitrogen and oxygen atoms in total. The van der Waals surface area contributed by atoms with E-state index < -0.39 is 11.6 Å². The number of carbonyl (C=O) groups is 1. The Balaban J connectivity index is 3.02. The van der Waals surface area contributed by atoms with Crippen molar-refractivity contribution in [3.05, 3.63) is 23.8 Å². The number of nitrogen functional groups attached to an aromatic ring is 1. The van der Waals surface area contributed by atoms with Crippen LogP contribution in [0.25, 0.3) is 0 Å². The largest absolute Gasteiger partial charge is 0.496 e. The van der Waals surface area contributed by atoms with Crippen LogP contribution in [0.3, 0.4) is 0 Å². The van der Waals surface area contributed by atoms with Crippen molar-refractivity contribution in [1.29, 1.82) is 0 Å². The van der Waals surface area contributed by atoms with Gasteiger partial charge in [-0.1, -0.05) is 0 Å². The smallest absolute Gasteiger partial charge is 0.342 e. The molecule has 0 atom stereocenters. The molecule has 0 radical (unpaired) electrons. The van der Waals surface area contributed by atoms with Gasteiger partial charge in [0.15, 0.2) is 0 Å². The first kappa shape index (κ1) is 12.4. The molecule has 1 rings (SSSR count). The summed E-state index contributed by atoms with van der Waals surface area (Å²) in [6.45, 7) is 5.43. The van der Waals surface area contributed by atoms with Crippen LogP contribution < -0.4 is 10.5 Å². The van der Waals surface area contributed by atoms with Crippen LogP contribution in [0.15, 0.2) is 18.2 Å². The van der Waals surface area contributed by atoms with Crippen molar-refractivity contribution in [1.82, 2.24) is 0 Å². The molecule has 0 saturated carbocycles. The average Bonchev–Trinajstić information content (AvgIpc) is 2.15. The number of anilines is 1. The molecule has 4 heteroatoms. The summed E-state index contributed by atoms with van der Waals surface area (Å²) in [4.78, 5) is 11.8. The van der Waals surface area contributed by atoms with E-state index in [1.165, 1.54) is 7.11 Å². The number of nitrogens with two attached hydrogens (primary N) is 1. The molecule has 0 fully saturated rings. The number of hydrogen-bond donors (Lipinski definition) is 1. The molecule has 1 aromatic carbocycles. The van der Waals surface area contributed by atoms with Gasteiger partial charge in [0, 0.05) is 5.69 Å². The molecule has 0 aliphatic rings. The minimum Gasteiger partial charge on any atom is -0.496 e. The zero-order valence-corrected chi connectivity index (χ0v) is 10.0. The molecule has 0 aliphatic carbocycles. The van der Waals surface area contributed by atoms with Crippen LogP contribution >= 0.6 is 0 Å². The second-order valence-electron chi connectivity index (χ2n) is 4.46. The van der Waals surface area contributed by atoms with E-state index in [4.69, 9.17) is 15.2 Å². The summed E-state index contributed by atoms with van der Waals surface area (Å²) in [5.41, 5.74) is 5.93. The van der Waals surface area contributed by atoms with Crippen LogP contribution in [0.5, 0.6) is 5.75 Å². The highest BCUT2D eigenvalue weighted by atomic mass is 16.6. The number of benzene rings is 1. The van der Waals surface area contributed by atoms with Crippen LogP contribution in [0.4, 0.5) is 5.69 Å². The van der Waals surface area contributed by atoms with E-state index in [0.717, 1.165) is 0 Å². The predicted molar refractivity (Wildman–Crippen MR) is 62.6 cm³/mol. The Kier molecular flexibility index (Phi) is 3.42. The first-order valence-electron chi connectivity index (χ1n) is 5.00. The lowest BCUT2D eigenvalue weighted by atomic mass is 10.1. The topological polar surface area (TPSA) is 61.5 Å². The van der Waals surface area contributed by atoms with Crippen molar-refractivity contribution in [2.45, 2.75) is 26.4 Å². The van der Waals surface area contributed by atoms with Gasteiger partial charge in [0.05, 0.1) is 7.11 Å². The van der Waals surface area contributed by atoms with Gasteiger partial charge in [-0.15, -0.1) is 0 Å². The number of hydrogen-bond acceptors (Lipinski definition) is 4. The summed E-state index contributed by atoms with van der Waals surface area (Å²) < 4.78 is 10.3. The quantitative estimate of drug-likeness (QED) is 0.617. The first-order valence-corrected chi connectivity index (χ1v) is 5.00. The molecule has 0 unspecified atom stereocenters. The molecule has 1 aromatic rings. The molecule has 0 aliphatic heterocycles. The Hall–Kier alpha value is -1.71. The molecular weight excluding hydrogens is 206 g/mol. The van der Waals surface area contributed by atoms with E-state index in [1.54, 1.807) is 18.2 Å². The summed E-state index contributed by atoms with van der Waals surface area (Å²) in [6.07, 6.45) is 0. The number of ether oxygens (including phenoxy) is 2. The first-order chi connectivity index (χ1) is 7.33.